The van der Waals surface area contributed by atoms with E-state index in [0.29, 0.717) is 38.9 Å². The molecule has 152 valence electrons. The Labute approximate surface area is 164 Å². The van der Waals surface area contributed by atoms with Crippen LogP contribution in [-0.4, -0.2) is 54.9 Å². The van der Waals surface area contributed by atoms with Gasteiger partial charge in [-0.05, 0) is 51.0 Å². The first-order chi connectivity index (χ1) is 13.3. The highest BCUT2D eigenvalue weighted by Crippen LogP contribution is 2.19. The summed E-state index contributed by atoms with van der Waals surface area (Å²) < 4.78 is 45.1. The number of carbonyl (C=O) groups excluding carboxylic acids is 1. The molecule has 1 aromatic carbocycles. The van der Waals surface area contributed by atoms with Gasteiger partial charge in [-0.2, -0.15) is 4.31 Å². The van der Waals surface area contributed by atoms with Crippen LogP contribution in [0.5, 0.6) is 0 Å². The Morgan fingerprint density at radius 3 is 2.50 bits per heavy atom. The molecule has 2 aromatic rings. The number of hydrogen-bond donors (Lipinski definition) is 0. The molecule has 1 saturated heterocycles. The van der Waals surface area contributed by atoms with E-state index in [1.54, 1.807) is 4.90 Å². The van der Waals surface area contributed by atoms with Crippen LogP contribution in [0.2, 0.25) is 0 Å². The van der Waals surface area contributed by atoms with E-state index in [4.69, 9.17) is 4.52 Å². The predicted octanol–water partition coefficient (Wildman–Crippen LogP) is 2.29. The standard InChI is InChI=1S/C19H24FN3O4S/c1-14-18(15(2)27-21-14)8-9-19(24)22-10-3-11-23(13-12-22)28(25,26)17-6-4-16(20)5-7-17/h4-7H,3,8-13H2,1-2H3. The van der Waals surface area contributed by atoms with E-state index in [9.17, 15) is 17.6 Å². The summed E-state index contributed by atoms with van der Waals surface area (Å²) in [4.78, 5) is 14.4. The zero-order valence-electron chi connectivity index (χ0n) is 16.0. The van der Waals surface area contributed by atoms with Gasteiger partial charge in [0, 0.05) is 38.2 Å². The summed E-state index contributed by atoms with van der Waals surface area (Å²) in [6.45, 7) is 5.06. The molecule has 3 rings (SSSR count). The average molecular weight is 409 g/mol. The van der Waals surface area contributed by atoms with Crippen molar-refractivity contribution < 1.29 is 22.1 Å². The van der Waals surface area contributed by atoms with E-state index < -0.39 is 15.8 Å². The number of carbonyl (C=O) groups is 1. The van der Waals surface area contributed by atoms with Crippen LogP contribution in [-0.2, 0) is 21.2 Å². The minimum absolute atomic E-state index is 0.0129. The summed E-state index contributed by atoms with van der Waals surface area (Å²) in [5.74, 6) is 0.226. The first-order valence-corrected chi connectivity index (χ1v) is 10.7. The Hall–Kier alpha value is -2.26. The molecule has 2 heterocycles. The number of nitrogens with zero attached hydrogens (tertiary/aromatic N) is 3. The number of benzene rings is 1. The van der Waals surface area contributed by atoms with E-state index in [1.165, 1.54) is 16.4 Å². The van der Waals surface area contributed by atoms with E-state index in [-0.39, 0.29) is 17.3 Å². The van der Waals surface area contributed by atoms with Crippen LogP contribution in [0.4, 0.5) is 4.39 Å². The van der Waals surface area contributed by atoms with Gasteiger partial charge in [0.15, 0.2) is 0 Å². The maximum absolute atomic E-state index is 13.1. The Morgan fingerprint density at radius 1 is 1.14 bits per heavy atom. The second-order valence-corrected chi connectivity index (χ2v) is 8.83. The molecule has 0 radical (unpaired) electrons. The molecule has 0 bridgehead atoms. The minimum atomic E-state index is -3.70. The largest absolute Gasteiger partial charge is 0.361 e. The number of rotatable bonds is 5. The topological polar surface area (TPSA) is 83.7 Å². The van der Waals surface area contributed by atoms with Crippen LogP contribution in [0.15, 0.2) is 33.7 Å². The fraction of sp³-hybridized carbons (Fsp3) is 0.474. The molecule has 28 heavy (non-hydrogen) atoms. The molecule has 0 N–H and O–H groups in total. The lowest BCUT2D eigenvalue weighted by atomic mass is 10.1. The number of sulfonamides is 1. The van der Waals surface area contributed by atoms with E-state index in [0.717, 1.165) is 29.2 Å². The van der Waals surface area contributed by atoms with Crippen LogP contribution in [0.25, 0.3) is 0 Å². The van der Waals surface area contributed by atoms with Gasteiger partial charge in [0.05, 0.1) is 10.6 Å². The number of aryl methyl sites for hydroxylation is 2. The molecule has 0 unspecified atom stereocenters. The van der Waals surface area contributed by atoms with Crippen molar-refractivity contribution in [1.82, 2.24) is 14.4 Å². The summed E-state index contributed by atoms with van der Waals surface area (Å²) in [7, 11) is -3.70. The number of amides is 1. The normalized spacial score (nSPS) is 16.2. The van der Waals surface area contributed by atoms with Crippen molar-refractivity contribution >= 4 is 15.9 Å². The molecule has 1 aliphatic rings. The van der Waals surface area contributed by atoms with Crippen LogP contribution < -0.4 is 0 Å². The average Bonchev–Trinajstić information content (AvgIpc) is 2.87. The monoisotopic (exact) mass is 409 g/mol. The lowest BCUT2D eigenvalue weighted by Crippen LogP contribution is -2.37. The summed E-state index contributed by atoms with van der Waals surface area (Å²) >= 11 is 0. The maximum atomic E-state index is 13.1. The molecule has 0 saturated carbocycles. The van der Waals surface area contributed by atoms with Gasteiger partial charge in [-0.25, -0.2) is 12.8 Å². The summed E-state index contributed by atoms with van der Waals surface area (Å²) in [6, 6.07) is 4.80. The van der Waals surface area contributed by atoms with Gasteiger partial charge >= 0.3 is 0 Å². The van der Waals surface area contributed by atoms with E-state index in [1.807, 2.05) is 13.8 Å². The number of halogens is 1. The molecule has 0 aliphatic carbocycles. The molecule has 9 heteroatoms. The van der Waals surface area contributed by atoms with Gasteiger partial charge < -0.3 is 9.42 Å². The second-order valence-electron chi connectivity index (χ2n) is 6.90. The first kappa shape index (κ1) is 20.5. The molecule has 1 aliphatic heterocycles. The van der Waals surface area contributed by atoms with Gasteiger partial charge in [-0.3, -0.25) is 4.79 Å². The molecule has 7 nitrogen and oxygen atoms in total. The van der Waals surface area contributed by atoms with E-state index in [2.05, 4.69) is 5.16 Å². The van der Waals surface area contributed by atoms with E-state index >= 15 is 0 Å². The van der Waals surface area contributed by atoms with Gasteiger partial charge in [0.2, 0.25) is 15.9 Å². The number of hydrogen-bond acceptors (Lipinski definition) is 5. The highest BCUT2D eigenvalue weighted by Gasteiger charge is 2.28. The number of aromatic nitrogens is 1. The summed E-state index contributed by atoms with van der Waals surface area (Å²) in [6.07, 6.45) is 1.43. The third-order valence-corrected chi connectivity index (χ3v) is 6.94. The SMILES string of the molecule is Cc1noc(C)c1CCC(=O)N1CCCN(S(=O)(=O)c2ccc(F)cc2)CC1. The molecule has 1 aromatic heterocycles. The Balaban J connectivity index is 1.61. The lowest BCUT2D eigenvalue weighted by molar-refractivity contribution is -0.131. The van der Waals surface area contributed by atoms with Gasteiger partial charge in [-0.15, -0.1) is 0 Å². The van der Waals surface area contributed by atoms with Crippen molar-refractivity contribution in [2.24, 2.45) is 0 Å². The maximum Gasteiger partial charge on any atom is 0.243 e. The minimum Gasteiger partial charge on any atom is -0.361 e. The zero-order chi connectivity index (χ0) is 20.3. The zero-order valence-corrected chi connectivity index (χ0v) is 16.8. The quantitative estimate of drug-likeness (QED) is 0.757. The van der Waals surface area contributed by atoms with Crippen molar-refractivity contribution in [2.45, 2.75) is 38.0 Å². The first-order valence-electron chi connectivity index (χ1n) is 9.24. The molecular weight excluding hydrogens is 385 g/mol. The lowest BCUT2D eigenvalue weighted by Gasteiger charge is -2.22. The van der Waals surface area contributed by atoms with Gasteiger partial charge in [0.1, 0.15) is 11.6 Å². The van der Waals surface area contributed by atoms with Crippen molar-refractivity contribution in [3.8, 4) is 0 Å². The molecule has 0 spiro atoms. The molecule has 1 amide bonds. The molecule has 0 atom stereocenters. The molecular formula is C19H24FN3O4S. The van der Waals surface area contributed by atoms with Gasteiger partial charge in [-0.1, -0.05) is 5.16 Å². The predicted molar refractivity (Wildman–Crippen MR) is 101 cm³/mol. The highest BCUT2D eigenvalue weighted by atomic mass is 32.2. The fourth-order valence-electron chi connectivity index (χ4n) is 3.39. The molecule has 1 fully saturated rings. The smallest absolute Gasteiger partial charge is 0.243 e. The second kappa shape index (κ2) is 8.40. The van der Waals surface area contributed by atoms with Crippen LogP contribution >= 0.6 is 0 Å². The highest BCUT2D eigenvalue weighted by molar-refractivity contribution is 7.89. The fourth-order valence-corrected chi connectivity index (χ4v) is 4.86. The summed E-state index contributed by atoms with van der Waals surface area (Å²) in [5, 5.41) is 3.90. The Bertz CT molecular complexity index is 921. The van der Waals surface area contributed by atoms with Crippen molar-refractivity contribution in [3.63, 3.8) is 0 Å². The summed E-state index contributed by atoms with van der Waals surface area (Å²) in [5.41, 5.74) is 1.74. The Morgan fingerprint density at radius 2 is 1.86 bits per heavy atom. The third-order valence-electron chi connectivity index (χ3n) is 5.03. The third kappa shape index (κ3) is 4.41. The Kier molecular flexibility index (Phi) is 6.14. The van der Waals surface area contributed by atoms with Crippen LogP contribution in [0.3, 0.4) is 0 Å². The van der Waals surface area contributed by atoms with Crippen molar-refractivity contribution in [1.29, 1.82) is 0 Å². The van der Waals surface area contributed by atoms with Gasteiger partial charge in [0.25, 0.3) is 0 Å². The van der Waals surface area contributed by atoms with Crippen molar-refractivity contribution in [3.05, 3.63) is 47.1 Å². The van der Waals surface area contributed by atoms with Crippen LogP contribution in [0, 0.1) is 19.7 Å². The van der Waals surface area contributed by atoms with Crippen molar-refractivity contribution in [2.75, 3.05) is 26.2 Å². The van der Waals surface area contributed by atoms with Crippen LogP contribution in [0.1, 0.15) is 29.9 Å².